The van der Waals surface area contributed by atoms with Crippen LogP contribution in [0.3, 0.4) is 0 Å². The molecule has 134 valence electrons. The number of halogens is 3. The molecule has 0 aliphatic carbocycles. The lowest BCUT2D eigenvalue weighted by atomic mass is 9.90. The van der Waals surface area contributed by atoms with Gasteiger partial charge in [0, 0.05) is 18.5 Å². The largest absolute Gasteiger partial charge is 0.490 e. The van der Waals surface area contributed by atoms with Gasteiger partial charge in [-0.3, -0.25) is 4.90 Å². The van der Waals surface area contributed by atoms with E-state index in [-0.39, 0.29) is 0 Å². The predicted molar refractivity (Wildman–Crippen MR) is 82.1 cm³/mol. The molecule has 7 heteroatoms. The average Bonchev–Trinajstić information content (AvgIpc) is 2.80. The standard InChI is InChI=1S/C17H22F3NO3/c18-17(19,20)16(22)12-5-7-21(8-6-12)11-13-3-1-4-14-15(13)24-10-2-9-23-14/h1,3-4,12,16,22H,2,5-11H2. The molecule has 0 spiro atoms. The van der Waals surface area contributed by atoms with Gasteiger partial charge in [-0.25, -0.2) is 0 Å². The third-order valence-corrected chi connectivity index (χ3v) is 4.66. The minimum Gasteiger partial charge on any atom is -0.490 e. The van der Waals surface area contributed by atoms with Crippen LogP contribution in [0.5, 0.6) is 11.5 Å². The maximum Gasteiger partial charge on any atom is 0.414 e. The van der Waals surface area contributed by atoms with Crippen molar-refractivity contribution in [2.24, 2.45) is 5.92 Å². The van der Waals surface area contributed by atoms with Gasteiger partial charge in [-0.1, -0.05) is 12.1 Å². The lowest BCUT2D eigenvalue weighted by Crippen LogP contribution is -2.43. The number of benzene rings is 1. The molecular weight excluding hydrogens is 323 g/mol. The Morgan fingerprint density at radius 2 is 1.88 bits per heavy atom. The van der Waals surface area contributed by atoms with Gasteiger partial charge in [0.15, 0.2) is 17.6 Å². The second-order valence-electron chi connectivity index (χ2n) is 6.39. The van der Waals surface area contributed by atoms with Gasteiger partial charge in [0.2, 0.25) is 0 Å². The lowest BCUT2D eigenvalue weighted by Gasteiger charge is -2.35. The van der Waals surface area contributed by atoms with Crippen LogP contribution >= 0.6 is 0 Å². The molecule has 0 aromatic heterocycles. The van der Waals surface area contributed by atoms with Crippen LogP contribution in [-0.4, -0.2) is 48.6 Å². The van der Waals surface area contributed by atoms with Crippen molar-refractivity contribution in [3.05, 3.63) is 23.8 Å². The van der Waals surface area contributed by atoms with E-state index in [1.165, 1.54) is 0 Å². The number of alkyl halides is 3. The van der Waals surface area contributed by atoms with Gasteiger partial charge in [0.1, 0.15) is 0 Å². The number of aliphatic hydroxyl groups excluding tert-OH is 1. The highest BCUT2D eigenvalue weighted by Crippen LogP contribution is 2.36. The van der Waals surface area contributed by atoms with Crippen molar-refractivity contribution in [3.8, 4) is 11.5 Å². The van der Waals surface area contributed by atoms with Crippen LogP contribution in [0.4, 0.5) is 13.2 Å². The molecule has 0 saturated carbocycles. The highest BCUT2D eigenvalue weighted by atomic mass is 19.4. The molecule has 3 rings (SSSR count). The number of ether oxygens (including phenoxy) is 2. The molecule has 1 N–H and O–H groups in total. The van der Waals surface area contributed by atoms with Crippen molar-refractivity contribution in [1.29, 1.82) is 0 Å². The SMILES string of the molecule is OC(C1CCN(Cc2cccc3c2OCCCO3)CC1)C(F)(F)F. The normalized spacial score (nSPS) is 21.3. The van der Waals surface area contributed by atoms with Gasteiger partial charge < -0.3 is 14.6 Å². The summed E-state index contributed by atoms with van der Waals surface area (Å²) in [4.78, 5) is 2.10. The Hall–Kier alpha value is -1.47. The van der Waals surface area contributed by atoms with Crippen LogP contribution in [0.25, 0.3) is 0 Å². The summed E-state index contributed by atoms with van der Waals surface area (Å²) in [6, 6.07) is 5.74. The summed E-state index contributed by atoms with van der Waals surface area (Å²) >= 11 is 0. The Morgan fingerprint density at radius 1 is 1.17 bits per heavy atom. The monoisotopic (exact) mass is 345 g/mol. The first-order chi connectivity index (χ1) is 11.4. The van der Waals surface area contributed by atoms with Crippen molar-refractivity contribution < 1.29 is 27.8 Å². The maximum atomic E-state index is 12.6. The second-order valence-corrected chi connectivity index (χ2v) is 6.39. The number of para-hydroxylation sites is 1. The summed E-state index contributed by atoms with van der Waals surface area (Å²) < 4.78 is 49.3. The third-order valence-electron chi connectivity index (χ3n) is 4.66. The molecule has 1 aromatic rings. The summed E-state index contributed by atoms with van der Waals surface area (Å²) in [5.41, 5.74) is 0.990. The van der Waals surface area contributed by atoms with Gasteiger partial charge in [-0.15, -0.1) is 0 Å². The number of piperidine rings is 1. The summed E-state index contributed by atoms with van der Waals surface area (Å²) in [6.07, 6.45) is -5.24. The fourth-order valence-corrected chi connectivity index (χ4v) is 3.31. The van der Waals surface area contributed by atoms with Gasteiger partial charge in [-0.2, -0.15) is 13.2 Å². The number of likely N-dealkylation sites (tertiary alicyclic amines) is 1. The molecule has 1 atom stereocenters. The van der Waals surface area contributed by atoms with Crippen molar-refractivity contribution in [2.75, 3.05) is 26.3 Å². The first-order valence-corrected chi connectivity index (χ1v) is 8.30. The minimum atomic E-state index is -4.53. The summed E-state index contributed by atoms with van der Waals surface area (Å²) in [5, 5.41) is 9.40. The fraction of sp³-hybridized carbons (Fsp3) is 0.647. The highest BCUT2D eigenvalue weighted by Gasteiger charge is 2.44. The van der Waals surface area contributed by atoms with E-state index in [2.05, 4.69) is 4.90 Å². The number of hydrogen-bond donors (Lipinski definition) is 1. The molecule has 0 amide bonds. The molecule has 2 aliphatic heterocycles. The third kappa shape index (κ3) is 3.95. The molecule has 2 aliphatic rings. The van der Waals surface area contributed by atoms with E-state index in [1.54, 1.807) is 0 Å². The topological polar surface area (TPSA) is 41.9 Å². The Balaban J connectivity index is 1.61. The molecule has 24 heavy (non-hydrogen) atoms. The zero-order chi connectivity index (χ0) is 17.2. The van der Waals surface area contributed by atoms with Crippen LogP contribution in [0, 0.1) is 5.92 Å². The molecule has 1 fully saturated rings. The molecule has 0 bridgehead atoms. The number of hydrogen-bond acceptors (Lipinski definition) is 4. The van der Waals surface area contributed by atoms with E-state index in [9.17, 15) is 18.3 Å². The minimum absolute atomic E-state index is 0.340. The summed E-state index contributed by atoms with van der Waals surface area (Å²) in [6.45, 7) is 2.90. The molecule has 0 radical (unpaired) electrons. The van der Waals surface area contributed by atoms with Crippen LogP contribution in [0.2, 0.25) is 0 Å². The van der Waals surface area contributed by atoms with Gasteiger partial charge >= 0.3 is 6.18 Å². The van der Waals surface area contributed by atoms with Crippen LogP contribution in [0.1, 0.15) is 24.8 Å². The van der Waals surface area contributed by atoms with Crippen molar-refractivity contribution in [3.63, 3.8) is 0 Å². The van der Waals surface area contributed by atoms with E-state index in [4.69, 9.17) is 9.47 Å². The van der Waals surface area contributed by atoms with Gasteiger partial charge in [-0.05, 0) is 37.9 Å². The first kappa shape index (κ1) is 17.4. The van der Waals surface area contributed by atoms with E-state index in [0.29, 0.717) is 45.7 Å². The Morgan fingerprint density at radius 3 is 2.58 bits per heavy atom. The quantitative estimate of drug-likeness (QED) is 0.915. The van der Waals surface area contributed by atoms with Crippen LogP contribution in [-0.2, 0) is 6.54 Å². The van der Waals surface area contributed by atoms with Crippen LogP contribution in [0.15, 0.2) is 18.2 Å². The van der Waals surface area contributed by atoms with Crippen molar-refractivity contribution in [1.82, 2.24) is 4.90 Å². The molecule has 2 heterocycles. The zero-order valence-corrected chi connectivity index (χ0v) is 13.4. The van der Waals surface area contributed by atoms with Crippen molar-refractivity contribution >= 4 is 0 Å². The van der Waals surface area contributed by atoms with E-state index in [1.807, 2.05) is 18.2 Å². The zero-order valence-electron chi connectivity index (χ0n) is 13.4. The van der Waals surface area contributed by atoms with E-state index in [0.717, 1.165) is 23.5 Å². The lowest BCUT2D eigenvalue weighted by molar-refractivity contribution is -0.223. The number of fused-ring (bicyclic) bond motifs is 1. The Kier molecular flexibility index (Phi) is 5.20. The number of nitrogens with zero attached hydrogens (tertiary/aromatic N) is 1. The maximum absolute atomic E-state index is 12.6. The Labute approximate surface area is 139 Å². The van der Waals surface area contributed by atoms with Crippen LogP contribution < -0.4 is 9.47 Å². The molecular formula is C17H22F3NO3. The molecule has 1 unspecified atom stereocenters. The van der Waals surface area contributed by atoms with Gasteiger partial charge in [0.05, 0.1) is 13.2 Å². The average molecular weight is 345 g/mol. The molecule has 1 aromatic carbocycles. The first-order valence-electron chi connectivity index (χ1n) is 8.30. The Bertz CT molecular complexity index is 557. The number of aliphatic hydroxyl groups is 1. The van der Waals surface area contributed by atoms with Crippen molar-refractivity contribution in [2.45, 2.75) is 38.1 Å². The summed E-state index contributed by atoms with van der Waals surface area (Å²) in [5.74, 6) is 0.758. The highest BCUT2D eigenvalue weighted by molar-refractivity contribution is 5.47. The van der Waals surface area contributed by atoms with E-state index >= 15 is 0 Å². The second kappa shape index (κ2) is 7.19. The fourth-order valence-electron chi connectivity index (χ4n) is 3.31. The number of rotatable bonds is 3. The smallest absolute Gasteiger partial charge is 0.414 e. The van der Waals surface area contributed by atoms with E-state index < -0.39 is 18.2 Å². The molecule has 4 nitrogen and oxygen atoms in total. The van der Waals surface area contributed by atoms with Gasteiger partial charge in [0.25, 0.3) is 0 Å². The predicted octanol–water partition coefficient (Wildman–Crippen LogP) is 2.98. The molecule has 1 saturated heterocycles. The summed E-state index contributed by atoms with van der Waals surface area (Å²) in [7, 11) is 0.